The summed E-state index contributed by atoms with van der Waals surface area (Å²) in [7, 11) is 0. The third kappa shape index (κ3) is 2.43. The lowest BCUT2D eigenvalue weighted by atomic mass is 10.2. The van der Waals surface area contributed by atoms with Gasteiger partial charge in [-0.2, -0.15) is 4.98 Å². The van der Waals surface area contributed by atoms with Gasteiger partial charge in [0.1, 0.15) is 11.9 Å². The van der Waals surface area contributed by atoms with Crippen LogP contribution in [0.4, 0.5) is 10.7 Å². The van der Waals surface area contributed by atoms with E-state index in [9.17, 15) is 4.79 Å². The Morgan fingerprint density at radius 3 is 2.62 bits per heavy atom. The van der Waals surface area contributed by atoms with Crippen molar-refractivity contribution in [1.82, 2.24) is 14.8 Å². The highest BCUT2D eigenvalue weighted by atomic mass is 16.6. The maximum Gasteiger partial charge on any atom is 0.438 e. The zero-order valence-corrected chi connectivity index (χ0v) is 7.81. The van der Waals surface area contributed by atoms with Crippen molar-refractivity contribution >= 4 is 12.0 Å². The van der Waals surface area contributed by atoms with Crippen LogP contribution in [-0.2, 0) is 4.74 Å². The topological polar surface area (TPSA) is 83.0 Å². The Hall–Kier alpha value is -1.59. The smallest absolute Gasteiger partial charge is 0.438 e. The first kappa shape index (κ1) is 9.50. The number of carbonyl (C=O) groups is 1. The number of hydrogen-bond acceptors (Lipinski definition) is 5. The summed E-state index contributed by atoms with van der Waals surface area (Å²) in [5.41, 5.74) is 4.79. The fraction of sp³-hybridized carbons (Fsp3) is 0.571. The largest absolute Gasteiger partial charge is 0.442 e. The third-order valence-corrected chi connectivity index (χ3v) is 1.14. The van der Waals surface area contributed by atoms with E-state index < -0.39 is 11.7 Å². The maximum absolute atomic E-state index is 11.3. The maximum atomic E-state index is 11.3. The number of hydrogen-bond donors (Lipinski definition) is 1. The third-order valence-electron chi connectivity index (χ3n) is 1.14. The Bertz CT molecular complexity index is 313. The molecule has 0 bridgehead atoms. The molecule has 1 rings (SSSR count). The first-order chi connectivity index (χ1) is 5.90. The highest BCUT2D eigenvalue weighted by Gasteiger charge is 2.19. The van der Waals surface area contributed by atoms with Gasteiger partial charge >= 0.3 is 6.09 Å². The summed E-state index contributed by atoms with van der Waals surface area (Å²) >= 11 is 0. The number of aromatic nitrogens is 3. The molecule has 0 unspecified atom stereocenters. The molecule has 1 heterocycles. The van der Waals surface area contributed by atoms with Crippen LogP contribution in [-0.4, -0.2) is 26.5 Å². The van der Waals surface area contributed by atoms with Gasteiger partial charge in [0.05, 0.1) is 0 Å². The second kappa shape index (κ2) is 3.04. The van der Waals surface area contributed by atoms with E-state index >= 15 is 0 Å². The second-order valence-corrected chi connectivity index (χ2v) is 3.51. The molecular weight excluding hydrogens is 172 g/mol. The standard InChI is InChI=1S/C7H12N4O2/c1-7(2,3)13-6(12)11-5(8)9-4-10-11/h4H,1-3H3,(H2,8,9,10). The first-order valence-electron chi connectivity index (χ1n) is 3.79. The summed E-state index contributed by atoms with van der Waals surface area (Å²) < 4.78 is 5.91. The predicted octanol–water partition coefficient (Wildman–Crippen LogP) is 0.644. The van der Waals surface area contributed by atoms with Crippen molar-refractivity contribution < 1.29 is 9.53 Å². The van der Waals surface area contributed by atoms with Gasteiger partial charge in [0.15, 0.2) is 0 Å². The molecule has 2 N–H and O–H groups in total. The van der Waals surface area contributed by atoms with Crippen molar-refractivity contribution in [3.05, 3.63) is 6.33 Å². The van der Waals surface area contributed by atoms with Crippen LogP contribution in [0.25, 0.3) is 0 Å². The lowest BCUT2D eigenvalue weighted by Crippen LogP contribution is -2.28. The number of ether oxygens (including phenoxy) is 1. The van der Waals surface area contributed by atoms with Gasteiger partial charge in [-0.05, 0) is 20.8 Å². The minimum Gasteiger partial charge on any atom is -0.442 e. The van der Waals surface area contributed by atoms with Crippen LogP contribution in [0.3, 0.4) is 0 Å². The number of nitrogens with zero attached hydrogens (tertiary/aromatic N) is 3. The Labute approximate surface area is 75.7 Å². The molecular formula is C7H12N4O2. The molecule has 0 aliphatic heterocycles. The van der Waals surface area contributed by atoms with E-state index in [1.54, 1.807) is 20.8 Å². The summed E-state index contributed by atoms with van der Waals surface area (Å²) in [5.74, 6) is 0.0225. The van der Waals surface area contributed by atoms with Gasteiger partial charge in [0.2, 0.25) is 5.95 Å². The van der Waals surface area contributed by atoms with Gasteiger partial charge in [0, 0.05) is 0 Å². The number of nitrogen functional groups attached to an aromatic ring is 1. The van der Waals surface area contributed by atoms with E-state index in [4.69, 9.17) is 10.5 Å². The van der Waals surface area contributed by atoms with Gasteiger partial charge in [0.25, 0.3) is 0 Å². The van der Waals surface area contributed by atoms with Gasteiger partial charge in [-0.15, -0.1) is 9.78 Å². The number of nitrogens with two attached hydrogens (primary N) is 1. The molecule has 13 heavy (non-hydrogen) atoms. The molecule has 0 radical (unpaired) electrons. The Morgan fingerprint density at radius 1 is 1.62 bits per heavy atom. The van der Waals surface area contributed by atoms with Crippen molar-refractivity contribution in [3.63, 3.8) is 0 Å². The van der Waals surface area contributed by atoms with E-state index in [1.165, 1.54) is 6.33 Å². The highest BCUT2D eigenvalue weighted by Crippen LogP contribution is 2.09. The van der Waals surface area contributed by atoms with Crippen LogP contribution in [0.2, 0.25) is 0 Å². The van der Waals surface area contributed by atoms with E-state index in [2.05, 4.69) is 10.1 Å². The summed E-state index contributed by atoms with van der Waals surface area (Å²) in [4.78, 5) is 14.9. The lowest BCUT2D eigenvalue weighted by Gasteiger charge is -2.18. The molecule has 0 saturated heterocycles. The summed E-state index contributed by atoms with van der Waals surface area (Å²) in [6.07, 6.45) is 0.571. The van der Waals surface area contributed by atoms with Gasteiger partial charge in [-0.25, -0.2) is 4.79 Å². The minimum atomic E-state index is -0.623. The van der Waals surface area contributed by atoms with Crippen LogP contribution >= 0.6 is 0 Å². The SMILES string of the molecule is CC(C)(C)OC(=O)n1ncnc1N. The fourth-order valence-electron chi connectivity index (χ4n) is 0.696. The molecule has 0 atom stereocenters. The molecule has 1 aromatic heterocycles. The molecule has 0 amide bonds. The number of carbonyl (C=O) groups excluding carboxylic acids is 1. The van der Waals surface area contributed by atoms with Crippen molar-refractivity contribution in [3.8, 4) is 0 Å². The van der Waals surface area contributed by atoms with Gasteiger partial charge in [-0.1, -0.05) is 0 Å². The molecule has 0 fully saturated rings. The molecule has 1 aromatic rings. The van der Waals surface area contributed by atoms with Crippen molar-refractivity contribution in [2.24, 2.45) is 0 Å². The van der Waals surface area contributed by atoms with Gasteiger partial charge < -0.3 is 10.5 Å². The normalized spacial score (nSPS) is 11.3. The van der Waals surface area contributed by atoms with Crippen molar-refractivity contribution in [2.75, 3.05) is 5.73 Å². The van der Waals surface area contributed by atoms with E-state index in [0.29, 0.717) is 0 Å². The second-order valence-electron chi connectivity index (χ2n) is 3.51. The molecule has 0 aliphatic rings. The minimum absolute atomic E-state index is 0.0225. The van der Waals surface area contributed by atoms with E-state index in [1.807, 2.05) is 0 Å². The monoisotopic (exact) mass is 184 g/mol. The molecule has 6 heteroatoms. The molecule has 0 aliphatic carbocycles. The van der Waals surface area contributed by atoms with Crippen LogP contribution in [0.5, 0.6) is 0 Å². The van der Waals surface area contributed by atoms with E-state index in [-0.39, 0.29) is 5.95 Å². The average Bonchev–Trinajstić information content (AvgIpc) is 2.30. The Balaban J connectivity index is 2.76. The average molecular weight is 184 g/mol. The quantitative estimate of drug-likeness (QED) is 0.639. The zero-order valence-electron chi connectivity index (χ0n) is 7.81. The molecule has 6 nitrogen and oxygen atoms in total. The number of rotatable bonds is 0. The summed E-state index contributed by atoms with van der Waals surface area (Å²) in [6, 6.07) is 0. The van der Waals surface area contributed by atoms with Crippen molar-refractivity contribution in [1.29, 1.82) is 0 Å². The highest BCUT2D eigenvalue weighted by molar-refractivity contribution is 5.72. The van der Waals surface area contributed by atoms with Crippen molar-refractivity contribution in [2.45, 2.75) is 26.4 Å². The summed E-state index contributed by atoms with van der Waals surface area (Å²) in [6.45, 7) is 5.29. The van der Waals surface area contributed by atoms with Crippen LogP contribution in [0.1, 0.15) is 20.8 Å². The summed E-state index contributed by atoms with van der Waals surface area (Å²) in [5, 5.41) is 3.61. The number of anilines is 1. The van der Waals surface area contributed by atoms with E-state index in [0.717, 1.165) is 4.68 Å². The fourth-order valence-corrected chi connectivity index (χ4v) is 0.696. The Morgan fingerprint density at radius 2 is 2.23 bits per heavy atom. The lowest BCUT2D eigenvalue weighted by molar-refractivity contribution is 0.0518. The molecule has 72 valence electrons. The van der Waals surface area contributed by atoms with Crippen LogP contribution in [0, 0.1) is 0 Å². The molecule has 0 spiro atoms. The molecule has 0 aromatic carbocycles. The predicted molar refractivity (Wildman–Crippen MR) is 46.1 cm³/mol. The van der Waals surface area contributed by atoms with Gasteiger partial charge in [-0.3, -0.25) is 0 Å². The molecule has 0 saturated carbocycles. The zero-order chi connectivity index (χ0) is 10.1. The Kier molecular flexibility index (Phi) is 2.22. The van der Waals surface area contributed by atoms with Crippen LogP contribution < -0.4 is 5.73 Å². The first-order valence-corrected chi connectivity index (χ1v) is 3.79. The van der Waals surface area contributed by atoms with Crippen LogP contribution in [0.15, 0.2) is 6.33 Å².